The minimum absolute atomic E-state index is 0.617. The van der Waals surface area contributed by atoms with Crippen LogP contribution in [0, 0.1) is 13.8 Å². The molecule has 1 aliphatic rings. The van der Waals surface area contributed by atoms with Crippen LogP contribution in [-0.2, 0) is 0 Å². The van der Waals surface area contributed by atoms with E-state index in [4.69, 9.17) is 0 Å². The standard InChI is InChI=1S/C11H17N3/c1-8-7-11(14-13-9(8)2)12-10-5-3-4-6-10/h7,10H,3-6H2,1-2H3,(H,12,14). The van der Waals surface area contributed by atoms with Gasteiger partial charge >= 0.3 is 0 Å². The largest absolute Gasteiger partial charge is 0.366 e. The third kappa shape index (κ3) is 2.03. The highest BCUT2D eigenvalue weighted by Crippen LogP contribution is 2.21. The van der Waals surface area contributed by atoms with Gasteiger partial charge < -0.3 is 5.32 Å². The Morgan fingerprint density at radius 1 is 1.21 bits per heavy atom. The van der Waals surface area contributed by atoms with Crippen LogP contribution in [-0.4, -0.2) is 16.2 Å². The van der Waals surface area contributed by atoms with Gasteiger partial charge in [-0.25, -0.2) is 0 Å². The van der Waals surface area contributed by atoms with Crippen molar-refractivity contribution >= 4 is 5.82 Å². The molecule has 1 aromatic heterocycles. The number of nitrogens with one attached hydrogen (secondary N) is 1. The average molecular weight is 191 g/mol. The van der Waals surface area contributed by atoms with Gasteiger partial charge in [0.25, 0.3) is 0 Å². The van der Waals surface area contributed by atoms with E-state index in [1.807, 2.05) is 6.92 Å². The second kappa shape index (κ2) is 3.95. The molecule has 1 saturated carbocycles. The molecule has 1 aliphatic carbocycles. The van der Waals surface area contributed by atoms with Gasteiger partial charge in [-0.3, -0.25) is 0 Å². The summed E-state index contributed by atoms with van der Waals surface area (Å²) < 4.78 is 0. The van der Waals surface area contributed by atoms with Crippen molar-refractivity contribution in [2.24, 2.45) is 0 Å². The van der Waals surface area contributed by atoms with E-state index in [2.05, 4.69) is 28.5 Å². The summed E-state index contributed by atoms with van der Waals surface area (Å²) in [4.78, 5) is 0. The van der Waals surface area contributed by atoms with E-state index in [1.54, 1.807) is 0 Å². The zero-order valence-corrected chi connectivity index (χ0v) is 8.88. The Balaban J connectivity index is 2.05. The average Bonchev–Trinajstić information content (AvgIpc) is 2.64. The van der Waals surface area contributed by atoms with Crippen molar-refractivity contribution in [2.75, 3.05) is 5.32 Å². The Morgan fingerprint density at radius 3 is 2.57 bits per heavy atom. The molecule has 0 radical (unpaired) electrons. The third-order valence-electron chi connectivity index (χ3n) is 2.94. The molecule has 0 unspecified atom stereocenters. The maximum atomic E-state index is 4.14. The fraction of sp³-hybridized carbons (Fsp3) is 0.636. The minimum atomic E-state index is 0.617. The lowest BCUT2D eigenvalue weighted by Crippen LogP contribution is -2.16. The summed E-state index contributed by atoms with van der Waals surface area (Å²) in [6, 6.07) is 2.70. The van der Waals surface area contributed by atoms with Crippen LogP contribution in [0.15, 0.2) is 6.07 Å². The van der Waals surface area contributed by atoms with E-state index in [9.17, 15) is 0 Å². The fourth-order valence-corrected chi connectivity index (χ4v) is 1.90. The Hall–Kier alpha value is -1.12. The monoisotopic (exact) mass is 191 g/mol. The SMILES string of the molecule is Cc1cc(NC2CCCC2)nnc1C. The highest BCUT2D eigenvalue weighted by Gasteiger charge is 2.15. The van der Waals surface area contributed by atoms with Gasteiger partial charge in [0.05, 0.1) is 5.69 Å². The van der Waals surface area contributed by atoms with Crippen molar-refractivity contribution in [3.63, 3.8) is 0 Å². The Morgan fingerprint density at radius 2 is 1.93 bits per heavy atom. The molecular formula is C11H17N3. The van der Waals surface area contributed by atoms with Gasteiger partial charge in [-0.2, -0.15) is 5.10 Å². The van der Waals surface area contributed by atoms with Crippen LogP contribution in [0.1, 0.15) is 36.9 Å². The first-order valence-electron chi connectivity index (χ1n) is 5.33. The third-order valence-corrected chi connectivity index (χ3v) is 2.94. The second-order valence-corrected chi connectivity index (χ2v) is 4.12. The zero-order valence-electron chi connectivity index (χ0n) is 8.88. The lowest BCUT2D eigenvalue weighted by Gasteiger charge is -2.12. The summed E-state index contributed by atoms with van der Waals surface area (Å²) in [6.45, 7) is 4.06. The van der Waals surface area contributed by atoms with Crippen molar-refractivity contribution in [2.45, 2.75) is 45.6 Å². The Bertz CT molecular complexity index is 316. The summed E-state index contributed by atoms with van der Waals surface area (Å²) in [7, 11) is 0. The second-order valence-electron chi connectivity index (χ2n) is 4.12. The molecule has 14 heavy (non-hydrogen) atoms. The lowest BCUT2D eigenvalue weighted by molar-refractivity contribution is 0.744. The van der Waals surface area contributed by atoms with Crippen molar-refractivity contribution in [3.05, 3.63) is 17.3 Å². The number of aryl methyl sites for hydroxylation is 2. The molecule has 3 heteroatoms. The molecule has 0 aromatic carbocycles. The topological polar surface area (TPSA) is 37.8 Å². The quantitative estimate of drug-likeness (QED) is 0.780. The Kier molecular flexibility index (Phi) is 2.66. The normalized spacial score (nSPS) is 17.3. The molecule has 0 bridgehead atoms. The van der Waals surface area contributed by atoms with Gasteiger partial charge in [0.1, 0.15) is 5.82 Å². The predicted molar refractivity (Wildman–Crippen MR) is 57.4 cm³/mol. The first-order chi connectivity index (χ1) is 6.75. The zero-order chi connectivity index (χ0) is 9.97. The smallest absolute Gasteiger partial charge is 0.149 e. The molecule has 3 nitrogen and oxygen atoms in total. The van der Waals surface area contributed by atoms with Gasteiger partial charge in [0.2, 0.25) is 0 Å². The minimum Gasteiger partial charge on any atom is -0.366 e. The van der Waals surface area contributed by atoms with Crippen molar-refractivity contribution < 1.29 is 0 Å². The molecule has 76 valence electrons. The molecule has 0 amide bonds. The van der Waals surface area contributed by atoms with Crippen LogP contribution in [0.2, 0.25) is 0 Å². The number of hydrogen-bond donors (Lipinski definition) is 1. The van der Waals surface area contributed by atoms with Crippen LogP contribution < -0.4 is 5.32 Å². The molecule has 0 aliphatic heterocycles. The van der Waals surface area contributed by atoms with Gasteiger partial charge in [-0.1, -0.05) is 12.8 Å². The fourth-order valence-electron chi connectivity index (χ4n) is 1.90. The van der Waals surface area contributed by atoms with E-state index in [0.29, 0.717) is 6.04 Å². The lowest BCUT2D eigenvalue weighted by atomic mass is 10.2. The van der Waals surface area contributed by atoms with Gasteiger partial charge in [0, 0.05) is 6.04 Å². The number of hydrogen-bond acceptors (Lipinski definition) is 3. The molecule has 2 rings (SSSR count). The predicted octanol–water partition coefficient (Wildman–Crippen LogP) is 2.45. The molecule has 1 heterocycles. The van der Waals surface area contributed by atoms with Crippen molar-refractivity contribution in [3.8, 4) is 0 Å². The molecule has 1 fully saturated rings. The molecule has 0 atom stereocenters. The van der Waals surface area contributed by atoms with Crippen LogP contribution in [0.3, 0.4) is 0 Å². The van der Waals surface area contributed by atoms with Crippen LogP contribution >= 0.6 is 0 Å². The number of rotatable bonds is 2. The van der Waals surface area contributed by atoms with E-state index >= 15 is 0 Å². The molecular weight excluding hydrogens is 174 g/mol. The molecule has 1 aromatic rings. The summed E-state index contributed by atoms with van der Waals surface area (Å²) in [5.41, 5.74) is 2.22. The first-order valence-corrected chi connectivity index (χ1v) is 5.33. The summed E-state index contributed by atoms with van der Waals surface area (Å²) in [6.07, 6.45) is 5.23. The first kappa shape index (κ1) is 9.44. The molecule has 0 saturated heterocycles. The Labute approximate surface area is 84.9 Å². The van der Waals surface area contributed by atoms with Gasteiger partial charge in [0.15, 0.2) is 0 Å². The molecule has 0 spiro atoms. The highest BCUT2D eigenvalue weighted by molar-refractivity contribution is 5.38. The highest BCUT2D eigenvalue weighted by atomic mass is 15.2. The van der Waals surface area contributed by atoms with E-state index in [-0.39, 0.29) is 0 Å². The maximum Gasteiger partial charge on any atom is 0.149 e. The van der Waals surface area contributed by atoms with Crippen LogP contribution in [0.5, 0.6) is 0 Å². The molecule has 1 N–H and O–H groups in total. The van der Waals surface area contributed by atoms with Crippen LogP contribution in [0.25, 0.3) is 0 Å². The van der Waals surface area contributed by atoms with Gasteiger partial charge in [-0.05, 0) is 38.3 Å². The van der Waals surface area contributed by atoms with Crippen molar-refractivity contribution in [1.29, 1.82) is 0 Å². The summed E-state index contributed by atoms with van der Waals surface area (Å²) in [5, 5.41) is 11.7. The van der Waals surface area contributed by atoms with E-state index < -0.39 is 0 Å². The van der Waals surface area contributed by atoms with E-state index in [1.165, 1.54) is 31.2 Å². The summed E-state index contributed by atoms with van der Waals surface area (Å²) in [5.74, 6) is 0.931. The maximum absolute atomic E-state index is 4.14. The number of aromatic nitrogens is 2. The summed E-state index contributed by atoms with van der Waals surface area (Å²) >= 11 is 0. The number of nitrogens with zero attached hydrogens (tertiary/aromatic N) is 2. The van der Waals surface area contributed by atoms with Crippen molar-refractivity contribution in [1.82, 2.24) is 10.2 Å². The number of anilines is 1. The van der Waals surface area contributed by atoms with Gasteiger partial charge in [-0.15, -0.1) is 5.10 Å². The van der Waals surface area contributed by atoms with Crippen LogP contribution in [0.4, 0.5) is 5.82 Å². The van der Waals surface area contributed by atoms with E-state index in [0.717, 1.165) is 11.5 Å².